The SMILES string of the molecule is COC[C@@](C)(CCO)NC(=O)c1ccsc1. The molecule has 0 aliphatic heterocycles. The van der Waals surface area contributed by atoms with E-state index in [9.17, 15) is 4.79 Å². The highest BCUT2D eigenvalue weighted by molar-refractivity contribution is 7.08. The average Bonchev–Trinajstić information content (AvgIpc) is 2.70. The van der Waals surface area contributed by atoms with Gasteiger partial charge in [0.05, 0.1) is 17.7 Å². The molecule has 1 atom stereocenters. The molecule has 2 N–H and O–H groups in total. The fourth-order valence-electron chi connectivity index (χ4n) is 1.48. The second-order valence-electron chi connectivity index (χ2n) is 3.93. The zero-order chi connectivity index (χ0) is 12.0. The highest BCUT2D eigenvalue weighted by Crippen LogP contribution is 2.13. The van der Waals surface area contributed by atoms with Gasteiger partial charge in [0.1, 0.15) is 0 Å². The first kappa shape index (κ1) is 13.2. The Kier molecular flexibility index (Phi) is 4.92. The molecule has 0 unspecified atom stereocenters. The zero-order valence-corrected chi connectivity index (χ0v) is 10.3. The van der Waals surface area contributed by atoms with E-state index in [1.165, 1.54) is 11.3 Å². The molecule has 0 bridgehead atoms. The molecule has 0 aromatic carbocycles. The summed E-state index contributed by atoms with van der Waals surface area (Å²) in [5.41, 5.74) is 0.118. The zero-order valence-electron chi connectivity index (χ0n) is 9.53. The van der Waals surface area contributed by atoms with Gasteiger partial charge in [-0.2, -0.15) is 11.3 Å². The van der Waals surface area contributed by atoms with E-state index in [-0.39, 0.29) is 12.5 Å². The van der Waals surface area contributed by atoms with E-state index in [4.69, 9.17) is 9.84 Å². The number of ether oxygens (including phenoxy) is 1. The Morgan fingerprint density at radius 2 is 2.44 bits per heavy atom. The molecule has 0 aliphatic rings. The molecule has 4 nitrogen and oxygen atoms in total. The summed E-state index contributed by atoms with van der Waals surface area (Å²) in [5.74, 6) is -0.130. The lowest BCUT2D eigenvalue weighted by Crippen LogP contribution is -2.49. The van der Waals surface area contributed by atoms with Crippen LogP contribution in [0, 0.1) is 0 Å². The molecular weight excluding hydrogens is 226 g/mol. The Morgan fingerprint density at radius 3 is 2.94 bits per heavy atom. The van der Waals surface area contributed by atoms with Crippen molar-refractivity contribution in [2.24, 2.45) is 0 Å². The normalized spacial score (nSPS) is 14.4. The standard InChI is InChI=1S/C11H17NO3S/c1-11(4-5-13,8-15-2)12-10(14)9-3-6-16-7-9/h3,6-7,13H,4-5,8H2,1-2H3,(H,12,14)/t11-/m1/s1. The van der Waals surface area contributed by atoms with Crippen LogP contribution in [0.25, 0.3) is 0 Å². The van der Waals surface area contributed by atoms with Crippen molar-refractivity contribution in [2.45, 2.75) is 18.9 Å². The number of nitrogens with one attached hydrogen (secondary N) is 1. The van der Waals surface area contributed by atoms with Crippen molar-refractivity contribution in [1.82, 2.24) is 5.32 Å². The number of methoxy groups -OCH3 is 1. The molecule has 0 saturated carbocycles. The Balaban J connectivity index is 2.64. The smallest absolute Gasteiger partial charge is 0.252 e. The van der Waals surface area contributed by atoms with Crippen LogP contribution < -0.4 is 5.32 Å². The third-order valence-electron chi connectivity index (χ3n) is 2.33. The van der Waals surface area contributed by atoms with E-state index < -0.39 is 5.54 Å². The molecule has 1 heterocycles. The molecule has 1 amide bonds. The van der Waals surface area contributed by atoms with E-state index in [1.807, 2.05) is 12.3 Å². The first-order chi connectivity index (χ1) is 7.61. The molecule has 5 heteroatoms. The van der Waals surface area contributed by atoms with Crippen LogP contribution in [-0.2, 0) is 4.74 Å². The minimum atomic E-state index is -0.525. The summed E-state index contributed by atoms with van der Waals surface area (Å²) in [6, 6.07) is 1.77. The van der Waals surface area contributed by atoms with Gasteiger partial charge in [-0.1, -0.05) is 0 Å². The number of aliphatic hydroxyl groups is 1. The second-order valence-corrected chi connectivity index (χ2v) is 4.71. The van der Waals surface area contributed by atoms with Crippen molar-refractivity contribution in [2.75, 3.05) is 20.3 Å². The number of rotatable bonds is 6. The van der Waals surface area contributed by atoms with Gasteiger partial charge >= 0.3 is 0 Å². The topological polar surface area (TPSA) is 58.6 Å². The molecule has 0 spiro atoms. The first-order valence-corrected chi connectivity index (χ1v) is 6.00. The van der Waals surface area contributed by atoms with E-state index in [0.717, 1.165) is 0 Å². The Hall–Kier alpha value is -0.910. The number of carbonyl (C=O) groups is 1. The van der Waals surface area contributed by atoms with Crippen molar-refractivity contribution >= 4 is 17.2 Å². The van der Waals surface area contributed by atoms with Gasteiger partial charge in [0.25, 0.3) is 5.91 Å². The average molecular weight is 243 g/mol. The van der Waals surface area contributed by atoms with E-state index in [1.54, 1.807) is 18.6 Å². The van der Waals surface area contributed by atoms with Crippen LogP contribution in [0.15, 0.2) is 16.8 Å². The molecule has 90 valence electrons. The van der Waals surface area contributed by atoms with Gasteiger partial charge in [-0.15, -0.1) is 0 Å². The van der Waals surface area contributed by atoms with Crippen molar-refractivity contribution in [3.05, 3.63) is 22.4 Å². The number of thiophene rings is 1. The molecule has 0 saturated heterocycles. The van der Waals surface area contributed by atoms with Crippen LogP contribution in [0.4, 0.5) is 0 Å². The maximum Gasteiger partial charge on any atom is 0.252 e. The summed E-state index contributed by atoms with van der Waals surface area (Å²) in [7, 11) is 1.58. The summed E-state index contributed by atoms with van der Waals surface area (Å²) in [5, 5.41) is 15.5. The molecule has 1 aromatic rings. The van der Waals surface area contributed by atoms with Crippen LogP contribution in [0.1, 0.15) is 23.7 Å². The third kappa shape index (κ3) is 3.59. The quantitative estimate of drug-likeness (QED) is 0.791. The third-order valence-corrected chi connectivity index (χ3v) is 3.01. The molecule has 0 aliphatic carbocycles. The molecule has 1 aromatic heterocycles. The Morgan fingerprint density at radius 1 is 1.69 bits per heavy atom. The minimum Gasteiger partial charge on any atom is -0.396 e. The summed E-state index contributed by atoms with van der Waals surface area (Å²) in [4.78, 5) is 11.8. The first-order valence-electron chi connectivity index (χ1n) is 5.06. The van der Waals surface area contributed by atoms with Crippen molar-refractivity contribution in [1.29, 1.82) is 0 Å². The highest BCUT2D eigenvalue weighted by Gasteiger charge is 2.26. The monoisotopic (exact) mass is 243 g/mol. The maximum atomic E-state index is 11.8. The predicted molar refractivity (Wildman–Crippen MR) is 63.8 cm³/mol. The van der Waals surface area contributed by atoms with Gasteiger partial charge in [-0.3, -0.25) is 4.79 Å². The minimum absolute atomic E-state index is 0.0176. The Labute approximate surface area is 99.2 Å². The predicted octanol–water partition coefficient (Wildman–Crippen LogP) is 1.27. The van der Waals surface area contributed by atoms with Crippen molar-refractivity contribution in [3.63, 3.8) is 0 Å². The molecular formula is C11H17NO3S. The summed E-state index contributed by atoms with van der Waals surface area (Å²) in [6.45, 7) is 2.25. The summed E-state index contributed by atoms with van der Waals surface area (Å²) >= 11 is 1.48. The van der Waals surface area contributed by atoms with Gasteiger partial charge in [-0.05, 0) is 24.8 Å². The lowest BCUT2D eigenvalue weighted by atomic mass is 9.99. The van der Waals surface area contributed by atoms with Gasteiger partial charge < -0.3 is 15.2 Å². The van der Waals surface area contributed by atoms with E-state index >= 15 is 0 Å². The Bertz CT molecular complexity index is 318. The van der Waals surface area contributed by atoms with E-state index in [0.29, 0.717) is 18.6 Å². The number of carbonyl (C=O) groups excluding carboxylic acids is 1. The number of aliphatic hydroxyl groups excluding tert-OH is 1. The molecule has 0 radical (unpaired) electrons. The molecule has 0 fully saturated rings. The fraction of sp³-hybridized carbons (Fsp3) is 0.545. The van der Waals surface area contributed by atoms with Gasteiger partial charge in [-0.25, -0.2) is 0 Å². The van der Waals surface area contributed by atoms with Gasteiger partial charge in [0.15, 0.2) is 0 Å². The maximum absolute atomic E-state index is 11.8. The molecule has 1 rings (SSSR count). The van der Waals surface area contributed by atoms with Crippen molar-refractivity contribution < 1.29 is 14.6 Å². The van der Waals surface area contributed by atoms with Crippen LogP contribution in [0.5, 0.6) is 0 Å². The number of hydrogen-bond acceptors (Lipinski definition) is 4. The summed E-state index contributed by atoms with van der Waals surface area (Å²) in [6.07, 6.45) is 0.469. The van der Waals surface area contributed by atoms with Crippen LogP contribution in [0.2, 0.25) is 0 Å². The largest absolute Gasteiger partial charge is 0.396 e. The van der Waals surface area contributed by atoms with Crippen molar-refractivity contribution in [3.8, 4) is 0 Å². The summed E-state index contributed by atoms with van der Waals surface area (Å²) < 4.78 is 5.05. The van der Waals surface area contributed by atoms with Crippen LogP contribution in [-0.4, -0.2) is 36.9 Å². The fourth-order valence-corrected chi connectivity index (χ4v) is 2.11. The van der Waals surface area contributed by atoms with Crippen LogP contribution >= 0.6 is 11.3 Å². The second kappa shape index (κ2) is 5.98. The highest BCUT2D eigenvalue weighted by atomic mass is 32.1. The number of amides is 1. The lowest BCUT2D eigenvalue weighted by Gasteiger charge is -2.29. The lowest BCUT2D eigenvalue weighted by molar-refractivity contribution is 0.0726. The number of hydrogen-bond donors (Lipinski definition) is 2. The molecule has 16 heavy (non-hydrogen) atoms. The van der Waals surface area contributed by atoms with E-state index in [2.05, 4.69) is 5.32 Å². The van der Waals surface area contributed by atoms with Crippen LogP contribution in [0.3, 0.4) is 0 Å². The van der Waals surface area contributed by atoms with Gasteiger partial charge in [0.2, 0.25) is 0 Å². The van der Waals surface area contributed by atoms with Gasteiger partial charge in [0, 0.05) is 19.1 Å².